The second kappa shape index (κ2) is 10.0. The number of aromatic nitrogens is 3. The third-order valence-corrected chi connectivity index (χ3v) is 6.23. The molecule has 2 N–H and O–H groups in total. The molecule has 0 atom stereocenters. The average molecular weight is 492 g/mol. The van der Waals surface area contributed by atoms with Crippen molar-refractivity contribution in [3.8, 4) is 0 Å². The van der Waals surface area contributed by atoms with E-state index in [0.29, 0.717) is 55.3 Å². The van der Waals surface area contributed by atoms with Gasteiger partial charge in [-0.25, -0.2) is 18.3 Å². The van der Waals surface area contributed by atoms with Crippen LogP contribution in [0.1, 0.15) is 47.4 Å². The van der Waals surface area contributed by atoms with Crippen LogP contribution in [-0.4, -0.2) is 39.6 Å². The van der Waals surface area contributed by atoms with E-state index < -0.39 is 11.6 Å². The Morgan fingerprint density at radius 2 is 1.94 bits per heavy atom. The number of halogens is 3. The highest BCUT2D eigenvalue weighted by atomic mass is 35.5. The summed E-state index contributed by atoms with van der Waals surface area (Å²) >= 11 is 5.86. The summed E-state index contributed by atoms with van der Waals surface area (Å²) < 4.78 is 34.0. The second-order valence-corrected chi connectivity index (χ2v) is 8.78. The first-order chi connectivity index (χ1) is 16.3. The average Bonchev–Trinajstić information content (AvgIpc) is 3.21. The fourth-order valence-electron chi connectivity index (χ4n) is 4.21. The summed E-state index contributed by atoms with van der Waals surface area (Å²) in [7, 11) is 1.58. The second-order valence-electron chi connectivity index (χ2n) is 8.37. The molecule has 3 aromatic rings. The van der Waals surface area contributed by atoms with Crippen molar-refractivity contribution in [1.29, 1.82) is 0 Å². The van der Waals surface area contributed by atoms with Gasteiger partial charge in [0.15, 0.2) is 11.5 Å². The van der Waals surface area contributed by atoms with E-state index in [1.807, 2.05) is 13.0 Å². The highest BCUT2D eigenvalue weighted by molar-refractivity contribution is 6.33. The molecule has 0 spiro atoms. The van der Waals surface area contributed by atoms with Crippen LogP contribution < -0.4 is 10.6 Å². The van der Waals surface area contributed by atoms with Crippen LogP contribution >= 0.6 is 11.6 Å². The Bertz CT molecular complexity index is 1220. The topological polar surface area (TPSA) is 97.6 Å². The quantitative estimate of drug-likeness (QED) is 0.542. The van der Waals surface area contributed by atoms with Gasteiger partial charge in [0.05, 0.1) is 29.2 Å². The maximum atomic E-state index is 14.0. The number of nitrogens with zero attached hydrogens (tertiary/aromatic N) is 3. The monoisotopic (exact) mass is 491 g/mol. The molecule has 0 radical (unpaired) electrons. The fourth-order valence-corrected chi connectivity index (χ4v) is 4.45. The molecule has 2 heterocycles. The van der Waals surface area contributed by atoms with E-state index >= 15 is 0 Å². The minimum atomic E-state index is -0.926. The minimum absolute atomic E-state index is 0.124. The Kier molecular flexibility index (Phi) is 7.08. The summed E-state index contributed by atoms with van der Waals surface area (Å²) in [6, 6.07) is 3.34. The number of carbonyl (C=O) groups is 2. The van der Waals surface area contributed by atoms with E-state index in [4.69, 9.17) is 16.3 Å². The maximum Gasteiger partial charge on any atom is 0.256 e. The van der Waals surface area contributed by atoms with Crippen LogP contribution in [0.2, 0.25) is 5.02 Å². The lowest BCUT2D eigenvalue weighted by Gasteiger charge is -2.28. The van der Waals surface area contributed by atoms with Gasteiger partial charge in [-0.2, -0.15) is 5.10 Å². The molecule has 1 aromatic carbocycles. The normalized spacial score (nSPS) is 18.1. The van der Waals surface area contributed by atoms with E-state index in [0.717, 1.165) is 11.8 Å². The lowest BCUT2D eigenvalue weighted by molar-refractivity contribution is -0.120. The van der Waals surface area contributed by atoms with E-state index in [1.165, 1.54) is 6.20 Å². The van der Waals surface area contributed by atoms with E-state index in [2.05, 4.69) is 20.7 Å². The molecular formula is C23H24ClF2N5O3. The van der Waals surface area contributed by atoms with Crippen molar-refractivity contribution >= 4 is 34.7 Å². The predicted molar refractivity (Wildman–Crippen MR) is 122 cm³/mol. The number of methoxy groups -OCH3 is 1. The van der Waals surface area contributed by atoms with Crippen molar-refractivity contribution in [3.63, 3.8) is 0 Å². The molecule has 11 heteroatoms. The van der Waals surface area contributed by atoms with Gasteiger partial charge >= 0.3 is 0 Å². The van der Waals surface area contributed by atoms with E-state index in [-0.39, 0.29) is 34.5 Å². The number of nitrogens with one attached hydrogen (secondary N) is 2. The summed E-state index contributed by atoms with van der Waals surface area (Å²) in [5.74, 6) is -2.78. The zero-order valence-electron chi connectivity index (χ0n) is 18.7. The lowest BCUT2D eigenvalue weighted by atomic mass is 9.85. The van der Waals surface area contributed by atoms with E-state index in [9.17, 15) is 18.4 Å². The molecule has 2 amide bonds. The van der Waals surface area contributed by atoms with Crippen LogP contribution in [0.15, 0.2) is 24.4 Å². The molecule has 1 aliphatic rings. The number of fused-ring (bicyclic) bond motifs is 1. The highest BCUT2D eigenvalue weighted by Gasteiger charge is 2.29. The lowest BCUT2D eigenvalue weighted by Crippen LogP contribution is -2.39. The Morgan fingerprint density at radius 1 is 1.21 bits per heavy atom. The summed E-state index contributed by atoms with van der Waals surface area (Å²) in [6.45, 7) is 2.20. The zero-order chi connectivity index (χ0) is 24.4. The first kappa shape index (κ1) is 24.0. The van der Waals surface area contributed by atoms with Crippen molar-refractivity contribution in [2.24, 2.45) is 5.92 Å². The van der Waals surface area contributed by atoms with Crippen molar-refractivity contribution in [3.05, 3.63) is 58.0 Å². The highest BCUT2D eigenvalue weighted by Crippen LogP contribution is 2.30. The Hall–Kier alpha value is -3.11. The van der Waals surface area contributed by atoms with Crippen LogP contribution in [0.25, 0.3) is 5.65 Å². The van der Waals surface area contributed by atoms with Crippen molar-refractivity contribution in [2.75, 3.05) is 12.4 Å². The van der Waals surface area contributed by atoms with Crippen LogP contribution in [0.4, 0.5) is 14.5 Å². The molecule has 1 fully saturated rings. The van der Waals surface area contributed by atoms with Gasteiger partial charge in [-0.05, 0) is 44.7 Å². The van der Waals surface area contributed by atoms with Crippen molar-refractivity contribution in [1.82, 2.24) is 19.9 Å². The largest absolute Gasteiger partial charge is 0.378 e. The number of anilines is 1. The number of aryl methyl sites for hydroxylation is 1. The van der Waals surface area contributed by atoms with E-state index in [1.54, 1.807) is 11.6 Å². The van der Waals surface area contributed by atoms with Crippen LogP contribution in [0, 0.1) is 24.5 Å². The van der Waals surface area contributed by atoms with Gasteiger partial charge in [0.2, 0.25) is 5.91 Å². The third-order valence-electron chi connectivity index (χ3n) is 5.93. The molecule has 180 valence electrons. The number of rotatable bonds is 6. The smallest absolute Gasteiger partial charge is 0.256 e. The molecule has 1 saturated carbocycles. The summed E-state index contributed by atoms with van der Waals surface area (Å²) in [5, 5.41) is 9.53. The van der Waals surface area contributed by atoms with Gasteiger partial charge in [0.1, 0.15) is 11.4 Å². The summed E-state index contributed by atoms with van der Waals surface area (Å²) in [6.07, 6.45) is 3.64. The Balaban J connectivity index is 1.37. The molecule has 1 aliphatic carbocycles. The number of hydrogen-bond donors (Lipinski definition) is 2. The Morgan fingerprint density at radius 3 is 2.62 bits per heavy atom. The number of amides is 2. The van der Waals surface area contributed by atoms with Gasteiger partial charge in [-0.3, -0.25) is 9.59 Å². The molecule has 8 nitrogen and oxygen atoms in total. The number of carbonyl (C=O) groups excluding carboxylic acids is 2. The fraction of sp³-hybridized carbons (Fsp3) is 0.391. The molecule has 2 aromatic heterocycles. The molecule has 34 heavy (non-hydrogen) atoms. The van der Waals surface area contributed by atoms with Gasteiger partial charge in [0, 0.05) is 30.8 Å². The molecule has 4 rings (SSSR count). The maximum absolute atomic E-state index is 14.0. The van der Waals surface area contributed by atoms with Crippen LogP contribution in [0.3, 0.4) is 0 Å². The molecule has 0 bridgehead atoms. The molecule has 0 aliphatic heterocycles. The summed E-state index contributed by atoms with van der Waals surface area (Å²) in [4.78, 5) is 30.0. The third kappa shape index (κ3) is 5.02. The first-order valence-corrected chi connectivity index (χ1v) is 11.2. The minimum Gasteiger partial charge on any atom is -0.378 e. The summed E-state index contributed by atoms with van der Waals surface area (Å²) in [5.41, 5.74) is 2.12. The van der Waals surface area contributed by atoms with Crippen molar-refractivity contribution in [2.45, 2.75) is 45.3 Å². The van der Waals surface area contributed by atoms with Gasteiger partial charge in [-0.1, -0.05) is 11.6 Å². The predicted octanol–water partition coefficient (Wildman–Crippen LogP) is 4.04. The number of hydrogen-bond acceptors (Lipinski definition) is 5. The Labute approximate surface area is 199 Å². The van der Waals surface area contributed by atoms with Gasteiger partial charge in [0.25, 0.3) is 5.91 Å². The molecule has 0 unspecified atom stereocenters. The molecular weight excluding hydrogens is 468 g/mol. The number of benzene rings is 1. The van der Waals surface area contributed by atoms with Crippen LogP contribution in [-0.2, 0) is 16.1 Å². The van der Waals surface area contributed by atoms with Gasteiger partial charge in [-0.15, -0.1) is 0 Å². The van der Waals surface area contributed by atoms with Gasteiger partial charge < -0.3 is 15.4 Å². The van der Waals surface area contributed by atoms with Crippen LogP contribution in [0.5, 0.6) is 0 Å². The van der Waals surface area contributed by atoms with Crippen molar-refractivity contribution < 1.29 is 23.1 Å². The standard InChI is InChI=1S/C23H24ClF2N5O3/c1-12-7-16(11-34-2)28-21-17(10-27-31(12)21)23(33)29-15-5-3-13(4-6-15)22(32)30-20-18(24)8-14(25)9-19(20)26/h7-10,13,15H,3-6,11H2,1-2H3,(H,29,33)(H,30,32). The molecule has 0 saturated heterocycles. The SMILES string of the molecule is COCc1cc(C)n2ncc(C(=O)NC3CCC(C(=O)Nc4c(F)cc(F)cc4Cl)CC3)c2n1. The number of ether oxygens (including phenoxy) is 1. The zero-order valence-corrected chi connectivity index (χ0v) is 19.5. The first-order valence-electron chi connectivity index (χ1n) is 10.9.